The molecule has 3 rings (SSSR count). The first kappa shape index (κ1) is 16.7. The van der Waals surface area contributed by atoms with E-state index in [-0.39, 0.29) is 24.8 Å². The highest BCUT2D eigenvalue weighted by atomic mass is 35.5. The lowest BCUT2D eigenvalue weighted by Gasteiger charge is -2.17. The van der Waals surface area contributed by atoms with E-state index in [0.29, 0.717) is 21.4 Å². The van der Waals surface area contributed by atoms with E-state index in [9.17, 15) is 14.0 Å². The molecule has 124 valence electrons. The maximum atomic E-state index is 13.2. The van der Waals surface area contributed by atoms with Crippen molar-refractivity contribution in [3.05, 3.63) is 58.3 Å². The van der Waals surface area contributed by atoms with Crippen molar-refractivity contribution < 1.29 is 14.0 Å². The van der Waals surface area contributed by atoms with Crippen LogP contribution in [0.15, 0.2) is 42.5 Å². The maximum Gasteiger partial charge on any atom is 0.229 e. The predicted octanol–water partition coefficient (Wildman–Crippen LogP) is 4.12. The molecule has 1 unspecified atom stereocenters. The van der Waals surface area contributed by atoms with E-state index < -0.39 is 11.7 Å². The Kier molecular flexibility index (Phi) is 4.73. The van der Waals surface area contributed by atoms with Gasteiger partial charge in [-0.3, -0.25) is 9.59 Å². The van der Waals surface area contributed by atoms with Crippen molar-refractivity contribution in [2.75, 3.05) is 16.8 Å². The molecule has 0 saturated carbocycles. The highest BCUT2D eigenvalue weighted by molar-refractivity contribution is 6.35. The van der Waals surface area contributed by atoms with Crippen molar-refractivity contribution in [2.45, 2.75) is 6.42 Å². The molecule has 1 aliphatic heterocycles. The fourth-order valence-corrected chi connectivity index (χ4v) is 3.15. The summed E-state index contributed by atoms with van der Waals surface area (Å²) in [5, 5.41) is 3.46. The minimum atomic E-state index is -0.529. The number of anilines is 2. The molecule has 1 N–H and O–H groups in total. The maximum absolute atomic E-state index is 13.2. The van der Waals surface area contributed by atoms with Crippen molar-refractivity contribution in [1.82, 2.24) is 0 Å². The topological polar surface area (TPSA) is 49.4 Å². The van der Waals surface area contributed by atoms with Crippen molar-refractivity contribution in [3.63, 3.8) is 0 Å². The van der Waals surface area contributed by atoms with Crippen LogP contribution in [0.2, 0.25) is 10.0 Å². The average Bonchev–Trinajstić information content (AvgIpc) is 2.88. The summed E-state index contributed by atoms with van der Waals surface area (Å²) in [7, 11) is 0. The van der Waals surface area contributed by atoms with E-state index in [1.807, 2.05) is 0 Å². The number of carbonyl (C=O) groups excluding carboxylic acids is 2. The number of amides is 2. The first-order valence-corrected chi connectivity index (χ1v) is 8.01. The van der Waals surface area contributed by atoms with Gasteiger partial charge in [-0.2, -0.15) is 0 Å². The van der Waals surface area contributed by atoms with Crippen molar-refractivity contribution >= 4 is 46.4 Å². The molecular formula is C17H13Cl2FN2O2. The second-order valence-electron chi connectivity index (χ2n) is 5.53. The Morgan fingerprint density at radius 1 is 1.17 bits per heavy atom. The average molecular weight is 367 g/mol. The molecule has 1 aliphatic rings. The lowest BCUT2D eigenvalue weighted by Crippen LogP contribution is -2.28. The molecule has 0 aromatic heterocycles. The van der Waals surface area contributed by atoms with Crippen LogP contribution in [0.3, 0.4) is 0 Å². The Morgan fingerprint density at radius 3 is 2.54 bits per heavy atom. The predicted molar refractivity (Wildman–Crippen MR) is 92.0 cm³/mol. The van der Waals surface area contributed by atoms with Crippen LogP contribution in [-0.2, 0) is 9.59 Å². The smallest absolute Gasteiger partial charge is 0.229 e. The largest absolute Gasteiger partial charge is 0.326 e. The molecule has 1 fully saturated rings. The summed E-state index contributed by atoms with van der Waals surface area (Å²) in [4.78, 5) is 26.0. The lowest BCUT2D eigenvalue weighted by atomic mass is 10.1. The van der Waals surface area contributed by atoms with Crippen LogP contribution in [0.5, 0.6) is 0 Å². The Balaban J connectivity index is 1.73. The highest BCUT2D eigenvalue weighted by Crippen LogP contribution is 2.30. The first-order valence-electron chi connectivity index (χ1n) is 7.25. The summed E-state index contributed by atoms with van der Waals surface area (Å²) in [5.74, 6) is -1.48. The summed E-state index contributed by atoms with van der Waals surface area (Å²) in [6.07, 6.45) is 0.0747. The second-order valence-corrected chi connectivity index (χ2v) is 6.41. The van der Waals surface area contributed by atoms with Gasteiger partial charge in [0, 0.05) is 34.4 Å². The number of nitrogens with zero attached hydrogens (tertiary/aromatic N) is 1. The Morgan fingerprint density at radius 2 is 1.88 bits per heavy atom. The van der Waals surface area contributed by atoms with Gasteiger partial charge in [0.25, 0.3) is 0 Å². The van der Waals surface area contributed by atoms with Crippen LogP contribution in [0.4, 0.5) is 15.8 Å². The monoisotopic (exact) mass is 366 g/mol. The molecule has 2 aromatic carbocycles. The minimum absolute atomic E-state index is 0.0747. The summed E-state index contributed by atoms with van der Waals surface area (Å²) < 4.78 is 13.2. The molecule has 0 aliphatic carbocycles. The fourth-order valence-electron chi connectivity index (χ4n) is 2.64. The van der Waals surface area contributed by atoms with E-state index >= 15 is 0 Å². The number of rotatable bonds is 3. The van der Waals surface area contributed by atoms with Gasteiger partial charge in [-0.15, -0.1) is 0 Å². The van der Waals surface area contributed by atoms with Crippen LogP contribution in [-0.4, -0.2) is 18.4 Å². The molecule has 1 heterocycles. The van der Waals surface area contributed by atoms with Gasteiger partial charge in [-0.1, -0.05) is 29.3 Å². The molecule has 0 radical (unpaired) electrons. The zero-order valence-electron chi connectivity index (χ0n) is 12.4. The van der Waals surface area contributed by atoms with Crippen LogP contribution < -0.4 is 10.2 Å². The van der Waals surface area contributed by atoms with Gasteiger partial charge >= 0.3 is 0 Å². The SMILES string of the molecule is O=C(Nc1cccc(F)c1)C1CC(=O)N(c2cc(Cl)cc(Cl)c2)C1. The molecule has 1 atom stereocenters. The van der Waals surface area contributed by atoms with E-state index in [0.717, 1.165) is 0 Å². The molecule has 1 saturated heterocycles. The molecule has 24 heavy (non-hydrogen) atoms. The Bertz CT molecular complexity index is 793. The van der Waals surface area contributed by atoms with Crippen molar-refractivity contribution in [1.29, 1.82) is 0 Å². The summed E-state index contributed by atoms with van der Waals surface area (Å²) in [6, 6.07) is 10.4. The van der Waals surface area contributed by atoms with E-state index in [1.165, 1.54) is 23.1 Å². The number of hydrogen-bond donors (Lipinski definition) is 1. The van der Waals surface area contributed by atoms with Gasteiger partial charge in [0.05, 0.1) is 5.92 Å². The third-order valence-electron chi connectivity index (χ3n) is 3.75. The van der Waals surface area contributed by atoms with E-state index in [1.54, 1.807) is 24.3 Å². The zero-order chi connectivity index (χ0) is 17.3. The number of carbonyl (C=O) groups is 2. The van der Waals surface area contributed by atoms with E-state index in [2.05, 4.69) is 5.32 Å². The standard InChI is InChI=1S/C17H13Cl2FN2O2/c18-11-5-12(19)7-15(6-11)22-9-10(4-16(22)23)17(24)21-14-3-1-2-13(20)8-14/h1-3,5-8,10H,4,9H2,(H,21,24). The van der Waals surface area contributed by atoms with Crippen molar-refractivity contribution in [2.24, 2.45) is 5.92 Å². The summed E-state index contributed by atoms with van der Waals surface area (Å²) in [5.41, 5.74) is 0.912. The Hall–Kier alpha value is -2.11. The normalized spacial score (nSPS) is 17.2. The fraction of sp³-hybridized carbons (Fsp3) is 0.176. The van der Waals surface area contributed by atoms with Gasteiger partial charge in [0.1, 0.15) is 5.82 Å². The summed E-state index contributed by atoms with van der Waals surface area (Å²) in [6.45, 7) is 0.219. The zero-order valence-corrected chi connectivity index (χ0v) is 13.9. The lowest BCUT2D eigenvalue weighted by molar-refractivity contribution is -0.122. The second kappa shape index (κ2) is 6.79. The van der Waals surface area contributed by atoms with Crippen LogP contribution in [0, 0.1) is 11.7 Å². The number of halogens is 3. The molecule has 0 spiro atoms. The van der Waals surface area contributed by atoms with Crippen LogP contribution in [0.25, 0.3) is 0 Å². The third-order valence-corrected chi connectivity index (χ3v) is 4.18. The molecule has 2 aromatic rings. The Labute approximate surface area is 148 Å². The molecule has 7 heteroatoms. The third kappa shape index (κ3) is 3.68. The summed E-state index contributed by atoms with van der Waals surface area (Å²) >= 11 is 11.9. The van der Waals surface area contributed by atoms with Gasteiger partial charge in [-0.05, 0) is 36.4 Å². The number of benzene rings is 2. The van der Waals surface area contributed by atoms with E-state index in [4.69, 9.17) is 23.2 Å². The van der Waals surface area contributed by atoms with Crippen LogP contribution >= 0.6 is 23.2 Å². The quantitative estimate of drug-likeness (QED) is 0.887. The molecular weight excluding hydrogens is 354 g/mol. The first-order chi connectivity index (χ1) is 11.4. The highest BCUT2D eigenvalue weighted by Gasteiger charge is 2.35. The molecule has 0 bridgehead atoms. The van der Waals surface area contributed by atoms with Gasteiger partial charge in [0.15, 0.2) is 0 Å². The van der Waals surface area contributed by atoms with Gasteiger partial charge in [0.2, 0.25) is 11.8 Å². The van der Waals surface area contributed by atoms with Crippen molar-refractivity contribution in [3.8, 4) is 0 Å². The number of nitrogens with one attached hydrogen (secondary N) is 1. The molecule has 4 nitrogen and oxygen atoms in total. The number of hydrogen-bond acceptors (Lipinski definition) is 2. The molecule has 2 amide bonds. The van der Waals surface area contributed by atoms with Gasteiger partial charge < -0.3 is 10.2 Å². The minimum Gasteiger partial charge on any atom is -0.326 e. The van der Waals surface area contributed by atoms with Crippen LogP contribution in [0.1, 0.15) is 6.42 Å². The van der Waals surface area contributed by atoms with Gasteiger partial charge in [-0.25, -0.2) is 4.39 Å².